The second-order valence-corrected chi connectivity index (χ2v) is 5.18. The Morgan fingerprint density at radius 3 is 2.12 bits per heavy atom. The fourth-order valence-electron chi connectivity index (χ4n) is 0.942. The molecule has 0 aliphatic carbocycles. The summed E-state index contributed by atoms with van der Waals surface area (Å²) < 4.78 is 27.0. The SMILES string of the molecule is C=C(OCCP(=O)(OCC)OCC)C(C)=O. The van der Waals surface area contributed by atoms with Gasteiger partial charge in [-0.3, -0.25) is 9.36 Å². The topological polar surface area (TPSA) is 61.8 Å². The predicted octanol–water partition coefficient (Wildman–Crippen LogP) is 2.37. The fourth-order valence-corrected chi connectivity index (χ4v) is 2.38. The molecule has 0 amide bonds. The second kappa shape index (κ2) is 7.60. The van der Waals surface area contributed by atoms with E-state index < -0.39 is 7.60 Å². The van der Waals surface area contributed by atoms with Crippen LogP contribution < -0.4 is 0 Å². The highest BCUT2D eigenvalue weighted by atomic mass is 31.2. The van der Waals surface area contributed by atoms with Crippen LogP contribution in [0.25, 0.3) is 0 Å². The van der Waals surface area contributed by atoms with Crippen molar-refractivity contribution in [1.82, 2.24) is 0 Å². The van der Waals surface area contributed by atoms with Gasteiger partial charge in [0.15, 0.2) is 11.5 Å². The van der Waals surface area contributed by atoms with Crippen LogP contribution in [0.5, 0.6) is 0 Å². The molecule has 0 aromatic carbocycles. The monoisotopic (exact) mass is 250 g/mol. The number of carbonyl (C=O) groups is 1. The minimum atomic E-state index is -3.08. The van der Waals surface area contributed by atoms with Crippen molar-refractivity contribution in [1.29, 1.82) is 0 Å². The Morgan fingerprint density at radius 1 is 1.25 bits per heavy atom. The minimum absolute atomic E-state index is 0.0551. The Morgan fingerprint density at radius 2 is 1.75 bits per heavy atom. The van der Waals surface area contributed by atoms with Crippen molar-refractivity contribution in [3.05, 3.63) is 12.3 Å². The van der Waals surface area contributed by atoms with Gasteiger partial charge in [-0.15, -0.1) is 0 Å². The summed E-state index contributed by atoms with van der Waals surface area (Å²) in [7, 11) is -3.08. The average molecular weight is 250 g/mol. The lowest BCUT2D eigenvalue weighted by atomic mass is 10.4. The van der Waals surface area contributed by atoms with Gasteiger partial charge >= 0.3 is 7.60 Å². The van der Waals surface area contributed by atoms with Crippen molar-refractivity contribution < 1.29 is 23.1 Å². The molecule has 0 radical (unpaired) electrons. The number of hydrogen-bond donors (Lipinski definition) is 0. The van der Waals surface area contributed by atoms with E-state index in [2.05, 4.69) is 6.58 Å². The van der Waals surface area contributed by atoms with Crippen LogP contribution >= 0.6 is 7.60 Å². The lowest BCUT2D eigenvalue weighted by molar-refractivity contribution is -0.116. The number of hydrogen-bond acceptors (Lipinski definition) is 5. The van der Waals surface area contributed by atoms with E-state index in [0.29, 0.717) is 13.2 Å². The smallest absolute Gasteiger partial charge is 0.334 e. The zero-order chi connectivity index (χ0) is 12.6. The van der Waals surface area contributed by atoms with Gasteiger partial charge in [-0.25, -0.2) is 0 Å². The second-order valence-electron chi connectivity index (χ2n) is 3.00. The lowest BCUT2D eigenvalue weighted by Gasteiger charge is -2.17. The third-order valence-corrected chi connectivity index (χ3v) is 3.72. The number of rotatable bonds is 9. The van der Waals surface area contributed by atoms with Crippen LogP contribution in [-0.2, 0) is 23.1 Å². The molecule has 0 saturated heterocycles. The van der Waals surface area contributed by atoms with Gasteiger partial charge in [0.2, 0.25) is 0 Å². The van der Waals surface area contributed by atoms with Crippen LogP contribution in [0.4, 0.5) is 0 Å². The number of Topliss-reactive ketones (excluding diaryl/α,β-unsaturated/α-hetero) is 1. The van der Waals surface area contributed by atoms with Crippen LogP contribution in [0.2, 0.25) is 0 Å². The van der Waals surface area contributed by atoms with Crippen LogP contribution in [0.1, 0.15) is 20.8 Å². The summed E-state index contributed by atoms with van der Waals surface area (Å²) in [6, 6.07) is 0. The summed E-state index contributed by atoms with van der Waals surface area (Å²) in [6.45, 7) is 8.96. The van der Waals surface area contributed by atoms with E-state index in [1.165, 1.54) is 6.92 Å². The summed E-state index contributed by atoms with van der Waals surface area (Å²) >= 11 is 0. The Hall–Kier alpha value is -0.640. The van der Waals surface area contributed by atoms with E-state index in [4.69, 9.17) is 13.8 Å². The number of carbonyl (C=O) groups excluding carboxylic acids is 1. The van der Waals surface area contributed by atoms with E-state index >= 15 is 0 Å². The van der Waals surface area contributed by atoms with Crippen molar-refractivity contribution in [3.8, 4) is 0 Å². The van der Waals surface area contributed by atoms with Gasteiger partial charge in [0.25, 0.3) is 0 Å². The quantitative estimate of drug-likeness (QED) is 0.357. The molecule has 0 atom stereocenters. The fraction of sp³-hybridized carbons (Fsp3) is 0.700. The molecule has 0 fully saturated rings. The first-order valence-corrected chi connectivity index (χ1v) is 6.88. The summed E-state index contributed by atoms with van der Waals surface area (Å²) in [5, 5.41) is 0. The maximum absolute atomic E-state index is 11.9. The first-order chi connectivity index (χ1) is 7.45. The van der Waals surface area contributed by atoms with Crippen molar-refractivity contribution >= 4 is 13.4 Å². The zero-order valence-electron chi connectivity index (χ0n) is 10.0. The standard InChI is InChI=1S/C10H19O5P/c1-5-14-16(12,15-6-2)8-7-13-10(4)9(3)11/h4-8H2,1-3H3. The number of ether oxygens (including phenoxy) is 1. The maximum Gasteiger partial charge on any atom is 0.334 e. The molecule has 0 aromatic heterocycles. The molecule has 6 heteroatoms. The molecule has 0 aliphatic heterocycles. The molecule has 0 N–H and O–H groups in total. The third kappa shape index (κ3) is 6.05. The molecule has 0 heterocycles. The van der Waals surface area contributed by atoms with Crippen molar-refractivity contribution in [2.24, 2.45) is 0 Å². The Labute approximate surface area is 96.3 Å². The molecule has 0 spiro atoms. The van der Waals surface area contributed by atoms with Gasteiger partial charge in [-0.2, -0.15) is 0 Å². The highest BCUT2D eigenvalue weighted by Crippen LogP contribution is 2.47. The molecule has 16 heavy (non-hydrogen) atoms. The number of ketones is 1. The average Bonchev–Trinajstić information content (AvgIpc) is 2.17. The van der Waals surface area contributed by atoms with Gasteiger partial charge in [0.05, 0.1) is 26.0 Å². The van der Waals surface area contributed by atoms with Crippen LogP contribution in [0.15, 0.2) is 12.3 Å². The number of allylic oxidation sites excluding steroid dienone is 1. The normalized spacial score (nSPS) is 11.2. The van der Waals surface area contributed by atoms with Crippen LogP contribution in [-0.4, -0.2) is 31.8 Å². The van der Waals surface area contributed by atoms with E-state index in [9.17, 15) is 9.36 Å². The van der Waals surface area contributed by atoms with E-state index in [1.54, 1.807) is 13.8 Å². The Balaban J connectivity index is 4.08. The van der Waals surface area contributed by atoms with E-state index in [0.717, 1.165) is 0 Å². The first kappa shape index (κ1) is 15.4. The molecule has 0 bridgehead atoms. The van der Waals surface area contributed by atoms with Gasteiger partial charge in [-0.05, 0) is 13.8 Å². The molecular formula is C10H19O5P. The highest BCUT2D eigenvalue weighted by Gasteiger charge is 2.23. The third-order valence-electron chi connectivity index (χ3n) is 1.69. The molecular weight excluding hydrogens is 231 g/mol. The summed E-state index contributed by atoms with van der Waals surface area (Å²) in [5.74, 6) is -0.192. The van der Waals surface area contributed by atoms with E-state index in [-0.39, 0.29) is 24.3 Å². The van der Waals surface area contributed by atoms with Crippen LogP contribution in [0, 0.1) is 0 Å². The predicted molar refractivity (Wildman–Crippen MR) is 61.5 cm³/mol. The first-order valence-electron chi connectivity index (χ1n) is 5.16. The molecule has 0 aliphatic rings. The lowest BCUT2D eigenvalue weighted by Crippen LogP contribution is -2.08. The molecule has 5 nitrogen and oxygen atoms in total. The molecule has 94 valence electrons. The minimum Gasteiger partial charge on any atom is -0.490 e. The van der Waals surface area contributed by atoms with Crippen molar-refractivity contribution in [3.63, 3.8) is 0 Å². The summed E-state index contributed by atoms with van der Waals surface area (Å²) in [5.41, 5.74) is 0. The Kier molecular flexibility index (Phi) is 7.30. The highest BCUT2D eigenvalue weighted by molar-refractivity contribution is 7.53. The summed E-state index contributed by atoms with van der Waals surface area (Å²) in [6.07, 6.45) is 0.112. The van der Waals surface area contributed by atoms with E-state index in [1.807, 2.05) is 0 Å². The molecule has 0 rings (SSSR count). The molecule has 0 saturated carbocycles. The van der Waals surface area contributed by atoms with Gasteiger partial charge in [0.1, 0.15) is 0 Å². The van der Waals surface area contributed by atoms with Crippen LogP contribution in [0.3, 0.4) is 0 Å². The zero-order valence-corrected chi connectivity index (χ0v) is 10.9. The Bertz CT molecular complexity index is 277. The van der Waals surface area contributed by atoms with Crippen molar-refractivity contribution in [2.45, 2.75) is 20.8 Å². The largest absolute Gasteiger partial charge is 0.490 e. The van der Waals surface area contributed by atoms with Gasteiger partial charge in [-0.1, -0.05) is 6.58 Å². The molecule has 0 aromatic rings. The molecule has 0 unspecified atom stereocenters. The summed E-state index contributed by atoms with van der Waals surface area (Å²) in [4.78, 5) is 10.8. The van der Waals surface area contributed by atoms with Gasteiger partial charge < -0.3 is 13.8 Å². The van der Waals surface area contributed by atoms with Gasteiger partial charge in [0, 0.05) is 6.92 Å². The van der Waals surface area contributed by atoms with Crippen molar-refractivity contribution in [2.75, 3.05) is 26.0 Å². The maximum atomic E-state index is 11.9.